The molecule has 19 heavy (non-hydrogen) atoms. The fourth-order valence-corrected chi connectivity index (χ4v) is 2.24. The van der Waals surface area contributed by atoms with Crippen LogP contribution >= 0.6 is 11.8 Å². The van der Waals surface area contributed by atoms with Crippen LogP contribution in [0.5, 0.6) is 0 Å². The van der Waals surface area contributed by atoms with E-state index in [0.717, 1.165) is 11.4 Å². The van der Waals surface area contributed by atoms with Gasteiger partial charge in [0.05, 0.1) is 17.7 Å². The lowest BCUT2D eigenvalue weighted by molar-refractivity contribution is 0.0897. The van der Waals surface area contributed by atoms with Crippen LogP contribution in [-0.2, 0) is 0 Å². The van der Waals surface area contributed by atoms with E-state index in [-0.39, 0.29) is 24.0 Å². The fourth-order valence-electron chi connectivity index (χ4n) is 1.83. The summed E-state index contributed by atoms with van der Waals surface area (Å²) >= 11 is 1.49. The van der Waals surface area contributed by atoms with Crippen LogP contribution in [0.4, 0.5) is 0 Å². The third kappa shape index (κ3) is 5.61. The minimum Gasteiger partial charge on any atom is -0.394 e. The molecule has 0 spiro atoms. The average molecular weight is 282 g/mol. The second-order valence-corrected chi connectivity index (χ2v) is 6.53. The zero-order valence-electron chi connectivity index (χ0n) is 11.9. The maximum atomic E-state index is 12.1. The number of nitrogens with one attached hydrogen (secondary N) is 1. The second-order valence-electron chi connectivity index (χ2n) is 5.70. The molecule has 0 aromatic carbocycles. The van der Waals surface area contributed by atoms with Gasteiger partial charge in [-0.25, -0.2) is 4.98 Å². The molecule has 1 amide bonds. The lowest BCUT2D eigenvalue weighted by atomic mass is 9.88. The van der Waals surface area contributed by atoms with E-state index >= 15 is 0 Å². The molecule has 1 aromatic heterocycles. The number of thioether (sulfide) groups is 1. The normalized spacial score (nSPS) is 13.1. The highest BCUT2D eigenvalue weighted by Crippen LogP contribution is 2.21. The first-order valence-electron chi connectivity index (χ1n) is 6.27. The number of carbonyl (C=O) groups is 1. The topological polar surface area (TPSA) is 62.2 Å². The summed E-state index contributed by atoms with van der Waals surface area (Å²) in [7, 11) is 0. The molecule has 0 fully saturated rings. The first kappa shape index (κ1) is 16.0. The van der Waals surface area contributed by atoms with Gasteiger partial charge in [-0.2, -0.15) is 0 Å². The van der Waals surface area contributed by atoms with Crippen molar-refractivity contribution in [3.05, 3.63) is 23.9 Å². The van der Waals surface area contributed by atoms with Crippen LogP contribution in [0.1, 0.15) is 37.6 Å². The number of aliphatic hydroxyl groups is 1. The molecule has 1 unspecified atom stereocenters. The Balaban J connectivity index is 2.71. The maximum absolute atomic E-state index is 12.1. The Labute approximate surface area is 119 Å². The first-order chi connectivity index (χ1) is 8.85. The highest BCUT2D eigenvalue weighted by Gasteiger charge is 2.20. The minimum atomic E-state index is -0.224. The Bertz CT molecular complexity index is 430. The van der Waals surface area contributed by atoms with Gasteiger partial charge in [-0.3, -0.25) is 4.79 Å². The third-order valence-electron chi connectivity index (χ3n) is 2.62. The van der Waals surface area contributed by atoms with Crippen molar-refractivity contribution in [2.75, 3.05) is 12.9 Å². The first-order valence-corrected chi connectivity index (χ1v) is 7.50. The number of amides is 1. The van der Waals surface area contributed by atoms with Crippen molar-refractivity contribution in [2.45, 2.75) is 38.3 Å². The molecule has 0 aliphatic carbocycles. The van der Waals surface area contributed by atoms with Crippen LogP contribution in [0.2, 0.25) is 0 Å². The van der Waals surface area contributed by atoms with Crippen LogP contribution < -0.4 is 5.32 Å². The van der Waals surface area contributed by atoms with Crippen molar-refractivity contribution in [3.63, 3.8) is 0 Å². The van der Waals surface area contributed by atoms with Crippen LogP contribution in [0, 0.1) is 5.41 Å². The molecule has 5 heteroatoms. The number of carbonyl (C=O) groups excluding carboxylic acids is 1. The summed E-state index contributed by atoms with van der Waals surface area (Å²) in [5.74, 6) is -0.166. The second kappa shape index (κ2) is 6.91. The molecular formula is C14H22N2O2S. The maximum Gasteiger partial charge on any atom is 0.251 e. The van der Waals surface area contributed by atoms with E-state index in [1.54, 1.807) is 18.3 Å². The summed E-state index contributed by atoms with van der Waals surface area (Å²) in [5.41, 5.74) is 0.635. The van der Waals surface area contributed by atoms with Crippen LogP contribution in [0.25, 0.3) is 0 Å². The molecule has 0 aliphatic heterocycles. The van der Waals surface area contributed by atoms with Gasteiger partial charge in [0.15, 0.2) is 0 Å². The lowest BCUT2D eigenvalue weighted by Crippen LogP contribution is -2.40. The molecule has 0 aliphatic rings. The summed E-state index contributed by atoms with van der Waals surface area (Å²) in [6.45, 7) is 6.20. The summed E-state index contributed by atoms with van der Waals surface area (Å²) in [6, 6.07) is 3.21. The third-order valence-corrected chi connectivity index (χ3v) is 3.26. The summed E-state index contributed by atoms with van der Waals surface area (Å²) in [4.78, 5) is 16.2. The van der Waals surface area contributed by atoms with Crippen molar-refractivity contribution in [1.82, 2.24) is 10.3 Å². The van der Waals surface area contributed by atoms with Gasteiger partial charge in [0.2, 0.25) is 0 Å². The predicted octanol–water partition coefficient (Wildman–Crippen LogP) is 2.33. The Morgan fingerprint density at radius 2 is 2.21 bits per heavy atom. The number of aromatic nitrogens is 1. The molecule has 0 bridgehead atoms. The van der Waals surface area contributed by atoms with Crippen LogP contribution in [0.3, 0.4) is 0 Å². The van der Waals surface area contributed by atoms with E-state index in [9.17, 15) is 9.90 Å². The van der Waals surface area contributed by atoms with E-state index in [0.29, 0.717) is 5.56 Å². The van der Waals surface area contributed by atoms with Gasteiger partial charge in [-0.1, -0.05) is 20.8 Å². The van der Waals surface area contributed by atoms with Gasteiger partial charge in [0.1, 0.15) is 0 Å². The van der Waals surface area contributed by atoms with Gasteiger partial charge in [-0.15, -0.1) is 11.8 Å². The minimum absolute atomic E-state index is 0.0521. The highest BCUT2D eigenvalue weighted by molar-refractivity contribution is 7.98. The van der Waals surface area contributed by atoms with E-state index in [1.165, 1.54) is 11.8 Å². The van der Waals surface area contributed by atoms with Gasteiger partial charge >= 0.3 is 0 Å². The summed E-state index contributed by atoms with van der Waals surface area (Å²) in [5, 5.41) is 13.0. The molecule has 1 rings (SSSR count). The van der Waals surface area contributed by atoms with Crippen LogP contribution in [-0.4, -0.2) is 34.9 Å². The fraction of sp³-hybridized carbons (Fsp3) is 0.571. The Kier molecular flexibility index (Phi) is 5.82. The van der Waals surface area contributed by atoms with Gasteiger partial charge in [-0.05, 0) is 30.2 Å². The molecule has 0 saturated heterocycles. The van der Waals surface area contributed by atoms with Crippen molar-refractivity contribution in [3.8, 4) is 0 Å². The highest BCUT2D eigenvalue weighted by atomic mass is 32.2. The molecule has 1 heterocycles. The van der Waals surface area contributed by atoms with E-state index in [4.69, 9.17) is 0 Å². The lowest BCUT2D eigenvalue weighted by Gasteiger charge is -2.25. The molecule has 4 nitrogen and oxygen atoms in total. The average Bonchev–Trinajstić information content (AvgIpc) is 2.36. The Morgan fingerprint density at radius 3 is 2.74 bits per heavy atom. The molecule has 106 valence electrons. The monoisotopic (exact) mass is 282 g/mol. The number of aliphatic hydroxyl groups excluding tert-OH is 1. The van der Waals surface area contributed by atoms with Crippen molar-refractivity contribution in [1.29, 1.82) is 0 Å². The number of hydrogen-bond acceptors (Lipinski definition) is 4. The molecule has 0 saturated carbocycles. The quantitative estimate of drug-likeness (QED) is 0.814. The Hall–Kier alpha value is -1.07. The zero-order chi connectivity index (χ0) is 14.5. The van der Waals surface area contributed by atoms with Gasteiger partial charge in [0.25, 0.3) is 5.91 Å². The molecule has 2 N–H and O–H groups in total. The van der Waals surface area contributed by atoms with Gasteiger partial charge < -0.3 is 10.4 Å². The zero-order valence-corrected chi connectivity index (χ0v) is 12.8. The van der Waals surface area contributed by atoms with Crippen molar-refractivity contribution >= 4 is 17.7 Å². The van der Waals surface area contributed by atoms with Crippen molar-refractivity contribution in [2.24, 2.45) is 5.41 Å². The van der Waals surface area contributed by atoms with Gasteiger partial charge in [0, 0.05) is 11.8 Å². The Morgan fingerprint density at radius 1 is 1.53 bits per heavy atom. The summed E-state index contributed by atoms with van der Waals surface area (Å²) < 4.78 is 0. The molecule has 0 radical (unpaired) electrons. The largest absolute Gasteiger partial charge is 0.394 e. The molecule has 1 atom stereocenters. The molecular weight excluding hydrogens is 260 g/mol. The number of hydrogen-bond donors (Lipinski definition) is 2. The van der Waals surface area contributed by atoms with Crippen LogP contribution in [0.15, 0.2) is 23.4 Å². The van der Waals surface area contributed by atoms with E-state index in [1.807, 2.05) is 6.26 Å². The number of rotatable bonds is 5. The van der Waals surface area contributed by atoms with E-state index < -0.39 is 0 Å². The standard InChI is InChI=1S/C14H22N2O2S/c1-14(2,3)8-11(9-17)16-13(18)10-5-6-15-12(7-10)19-4/h5-7,11,17H,8-9H2,1-4H3,(H,16,18). The van der Waals surface area contributed by atoms with Crippen molar-refractivity contribution < 1.29 is 9.90 Å². The predicted molar refractivity (Wildman–Crippen MR) is 78.4 cm³/mol. The number of nitrogens with zero attached hydrogens (tertiary/aromatic N) is 1. The SMILES string of the molecule is CSc1cc(C(=O)NC(CO)CC(C)(C)C)ccn1. The number of pyridine rings is 1. The smallest absolute Gasteiger partial charge is 0.251 e. The summed E-state index contributed by atoms with van der Waals surface area (Å²) in [6.07, 6.45) is 4.27. The van der Waals surface area contributed by atoms with E-state index in [2.05, 4.69) is 31.1 Å². The molecule has 1 aromatic rings.